The summed E-state index contributed by atoms with van der Waals surface area (Å²) in [6, 6.07) is 3.88. The highest BCUT2D eigenvalue weighted by molar-refractivity contribution is 7.89. The van der Waals surface area contributed by atoms with Gasteiger partial charge in [0.15, 0.2) is 5.54 Å². The van der Waals surface area contributed by atoms with E-state index >= 15 is 0 Å². The minimum atomic E-state index is -3.85. The number of carboxylic acid groups (broad SMARTS) is 1. The fraction of sp³-hybridized carbons (Fsp3) is 0.467. The number of benzene rings is 1. The molecule has 9 nitrogen and oxygen atoms in total. The molecule has 0 bridgehead atoms. The summed E-state index contributed by atoms with van der Waals surface area (Å²) in [5.74, 6) is -1.82. The number of methoxy groups -OCH3 is 1. The topological polar surface area (TPSA) is 122 Å². The smallest absolute Gasteiger partial charge is 0.331 e. The quantitative estimate of drug-likeness (QED) is 0.716. The van der Waals surface area contributed by atoms with Gasteiger partial charge in [0.2, 0.25) is 10.0 Å². The SMILES string of the molecule is COc1ccc(C(=O)NC2(C(=O)O)CCOC2)cc1S(=O)(=O)N(C)C. The van der Waals surface area contributed by atoms with Crippen LogP contribution in [0.25, 0.3) is 0 Å². The molecule has 1 unspecified atom stereocenters. The van der Waals surface area contributed by atoms with E-state index in [0.29, 0.717) is 0 Å². The molecule has 0 spiro atoms. The largest absolute Gasteiger partial charge is 0.495 e. The lowest BCUT2D eigenvalue weighted by molar-refractivity contribution is -0.144. The summed E-state index contributed by atoms with van der Waals surface area (Å²) in [4.78, 5) is 23.8. The maximum atomic E-state index is 12.5. The third-order valence-electron chi connectivity index (χ3n) is 3.97. The van der Waals surface area contributed by atoms with Gasteiger partial charge in [-0.25, -0.2) is 17.5 Å². The van der Waals surface area contributed by atoms with Crippen LogP contribution in [0.3, 0.4) is 0 Å². The van der Waals surface area contributed by atoms with Gasteiger partial charge in [0.25, 0.3) is 5.91 Å². The minimum Gasteiger partial charge on any atom is -0.495 e. The van der Waals surface area contributed by atoms with Crippen molar-refractivity contribution in [1.29, 1.82) is 0 Å². The van der Waals surface area contributed by atoms with Gasteiger partial charge in [-0.3, -0.25) is 4.79 Å². The summed E-state index contributed by atoms with van der Waals surface area (Å²) < 4.78 is 35.9. The van der Waals surface area contributed by atoms with Crippen LogP contribution in [-0.4, -0.2) is 69.7 Å². The first-order valence-electron chi connectivity index (χ1n) is 7.38. The Morgan fingerprint density at radius 1 is 1.36 bits per heavy atom. The normalized spacial score (nSPS) is 20.5. The second-order valence-corrected chi connectivity index (χ2v) is 7.92. The number of carbonyl (C=O) groups excluding carboxylic acids is 1. The van der Waals surface area contributed by atoms with Gasteiger partial charge in [-0.15, -0.1) is 0 Å². The van der Waals surface area contributed by atoms with E-state index in [1.807, 2.05) is 0 Å². The number of carbonyl (C=O) groups is 2. The van der Waals surface area contributed by atoms with E-state index in [-0.39, 0.29) is 35.8 Å². The highest BCUT2D eigenvalue weighted by Gasteiger charge is 2.44. The Kier molecular flexibility index (Phi) is 5.35. The lowest BCUT2D eigenvalue weighted by Gasteiger charge is -2.24. The number of nitrogens with one attached hydrogen (secondary N) is 1. The van der Waals surface area contributed by atoms with Gasteiger partial charge >= 0.3 is 5.97 Å². The summed E-state index contributed by atoms with van der Waals surface area (Å²) in [6.07, 6.45) is 0.132. The van der Waals surface area contributed by atoms with Crippen LogP contribution in [0, 0.1) is 0 Å². The van der Waals surface area contributed by atoms with Crippen molar-refractivity contribution in [2.45, 2.75) is 16.9 Å². The van der Waals surface area contributed by atoms with Crippen LogP contribution in [0.4, 0.5) is 0 Å². The van der Waals surface area contributed by atoms with Crippen molar-refractivity contribution in [2.75, 3.05) is 34.4 Å². The Morgan fingerprint density at radius 2 is 2.04 bits per heavy atom. The first kappa shape index (κ1) is 19.2. The second-order valence-electron chi connectivity index (χ2n) is 5.80. The molecule has 1 fully saturated rings. The Labute approximate surface area is 145 Å². The van der Waals surface area contributed by atoms with Crippen LogP contribution in [0.2, 0.25) is 0 Å². The molecule has 1 saturated heterocycles. The van der Waals surface area contributed by atoms with E-state index in [0.717, 1.165) is 10.4 Å². The van der Waals surface area contributed by atoms with Crippen LogP contribution < -0.4 is 10.1 Å². The number of nitrogens with zero attached hydrogens (tertiary/aromatic N) is 1. The van der Waals surface area contributed by atoms with E-state index in [4.69, 9.17) is 9.47 Å². The Bertz CT molecular complexity index is 783. The number of rotatable bonds is 6. The van der Waals surface area contributed by atoms with Crippen molar-refractivity contribution >= 4 is 21.9 Å². The summed E-state index contributed by atoms with van der Waals surface area (Å²) in [6.45, 7) is 0.0720. The number of aliphatic carboxylic acids is 1. The van der Waals surface area contributed by atoms with E-state index < -0.39 is 27.4 Å². The molecule has 2 rings (SSSR count). The lowest BCUT2D eigenvalue weighted by atomic mass is 9.98. The highest BCUT2D eigenvalue weighted by Crippen LogP contribution is 2.27. The monoisotopic (exact) mass is 372 g/mol. The molecule has 10 heteroatoms. The zero-order valence-electron chi connectivity index (χ0n) is 14.1. The molecular formula is C15H20N2O7S. The Balaban J connectivity index is 2.40. The molecule has 0 saturated carbocycles. The van der Waals surface area contributed by atoms with Crippen LogP contribution in [0.15, 0.2) is 23.1 Å². The maximum absolute atomic E-state index is 12.5. The van der Waals surface area contributed by atoms with Gasteiger partial charge in [-0.1, -0.05) is 0 Å². The molecule has 1 aliphatic heterocycles. The fourth-order valence-corrected chi connectivity index (χ4v) is 3.47. The summed E-state index contributed by atoms with van der Waals surface area (Å²) in [5.41, 5.74) is -1.51. The van der Waals surface area contributed by atoms with E-state index in [2.05, 4.69) is 5.32 Å². The molecule has 1 aliphatic rings. The van der Waals surface area contributed by atoms with Crippen LogP contribution in [-0.2, 0) is 19.6 Å². The van der Waals surface area contributed by atoms with E-state index in [1.165, 1.54) is 33.3 Å². The number of amides is 1. The van der Waals surface area contributed by atoms with Crippen molar-refractivity contribution in [1.82, 2.24) is 9.62 Å². The fourth-order valence-electron chi connectivity index (χ4n) is 2.39. The van der Waals surface area contributed by atoms with Crippen LogP contribution in [0.5, 0.6) is 5.75 Å². The summed E-state index contributed by atoms with van der Waals surface area (Å²) in [7, 11) is 0.187. The number of ether oxygens (including phenoxy) is 2. The van der Waals surface area contributed by atoms with E-state index in [9.17, 15) is 23.1 Å². The predicted octanol–water partition coefficient (Wildman–Crippen LogP) is -0.0810. The summed E-state index contributed by atoms with van der Waals surface area (Å²) in [5, 5.41) is 11.8. The molecule has 25 heavy (non-hydrogen) atoms. The van der Waals surface area contributed by atoms with Crippen molar-refractivity contribution in [3.05, 3.63) is 23.8 Å². The van der Waals surface area contributed by atoms with E-state index in [1.54, 1.807) is 0 Å². The van der Waals surface area contributed by atoms with Crippen LogP contribution >= 0.6 is 0 Å². The van der Waals surface area contributed by atoms with Crippen molar-refractivity contribution in [3.8, 4) is 5.75 Å². The van der Waals surface area contributed by atoms with Crippen LogP contribution in [0.1, 0.15) is 16.8 Å². The van der Waals surface area contributed by atoms with Gasteiger partial charge in [-0.2, -0.15) is 0 Å². The third kappa shape index (κ3) is 3.60. The molecule has 138 valence electrons. The van der Waals surface area contributed by atoms with Gasteiger partial charge < -0.3 is 19.9 Å². The number of hydrogen-bond acceptors (Lipinski definition) is 6. The minimum absolute atomic E-state index is 0.00810. The molecule has 0 aliphatic carbocycles. The molecule has 0 aromatic heterocycles. The van der Waals surface area contributed by atoms with Crippen molar-refractivity contribution in [3.63, 3.8) is 0 Å². The Hall–Kier alpha value is -2.17. The first-order valence-corrected chi connectivity index (χ1v) is 8.82. The molecule has 1 aromatic rings. The van der Waals surface area contributed by atoms with Gasteiger partial charge in [0, 0.05) is 32.7 Å². The zero-order valence-corrected chi connectivity index (χ0v) is 14.9. The first-order chi connectivity index (χ1) is 11.6. The van der Waals surface area contributed by atoms with Crippen molar-refractivity contribution in [2.24, 2.45) is 0 Å². The van der Waals surface area contributed by atoms with Gasteiger partial charge in [-0.05, 0) is 18.2 Å². The summed E-state index contributed by atoms with van der Waals surface area (Å²) >= 11 is 0. The number of hydrogen-bond donors (Lipinski definition) is 2. The van der Waals surface area contributed by atoms with Gasteiger partial charge in [0.05, 0.1) is 13.7 Å². The second kappa shape index (κ2) is 6.98. The number of carboxylic acids is 1. The zero-order chi connectivity index (χ0) is 18.8. The molecule has 0 radical (unpaired) electrons. The van der Waals surface area contributed by atoms with Gasteiger partial charge in [0.1, 0.15) is 10.6 Å². The molecule has 1 aromatic carbocycles. The standard InChI is InChI=1S/C15H20N2O7S/c1-17(2)25(21,22)12-8-10(4-5-11(12)23-3)13(18)16-15(14(19)20)6-7-24-9-15/h4-5,8H,6-7,9H2,1-3H3,(H,16,18)(H,19,20). The Morgan fingerprint density at radius 3 is 2.52 bits per heavy atom. The molecule has 1 atom stereocenters. The molecule has 1 amide bonds. The predicted molar refractivity (Wildman–Crippen MR) is 87.1 cm³/mol. The number of sulfonamides is 1. The average Bonchev–Trinajstić information content (AvgIpc) is 3.03. The highest BCUT2D eigenvalue weighted by atomic mass is 32.2. The molecule has 2 N–H and O–H groups in total. The third-order valence-corrected chi connectivity index (χ3v) is 5.80. The molecular weight excluding hydrogens is 352 g/mol. The van der Waals surface area contributed by atoms with Crippen molar-refractivity contribution < 1.29 is 32.6 Å². The lowest BCUT2D eigenvalue weighted by Crippen LogP contribution is -2.55. The molecule has 1 heterocycles. The maximum Gasteiger partial charge on any atom is 0.331 e. The average molecular weight is 372 g/mol.